The first-order valence-electron chi connectivity index (χ1n) is 11.8. The van der Waals surface area contributed by atoms with Crippen molar-refractivity contribution in [1.82, 2.24) is 9.88 Å². The van der Waals surface area contributed by atoms with E-state index in [2.05, 4.69) is 39.5 Å². The number of anilines is 1. The molecule has 2 aliphatic heterocycles. The fraction of sp³-hybridized carbons (Fsp3) is 0.407. The van der Waals surface area contributed by atoms with Crippen LogP contribution >= 0.6 is 0 Å². The number of hydrogen-bond acceptors (Lipinski definition) is 4. The van der Waals surface area contributed by atoms with E-state index < -0.39 is 0 Å². The monoisotopic (exact) mass is 429 g/mol. The second-order valence-electron chi connectivity index (χ2n) is 9.15. The molecule has 1 N–H and O–H groups in total. The van der Waals surface area contributed by atoms with Crippen LogP contribution in [0.25, 0.3) is 10.9 Å². The SMILES string of the molecule is Cc1ccc2c(OCCN3CCC(Cc4ccc5c(c4)NC(=O)CC5)CC3)cccc2n1. The third-order valence-electron chi connectivity index (χ3n) is 6.80. The van der Waals surface area contributed by atoms with Gasteiger partial charge in [-0.3, -0.25) is 14.7 Å². The summed E-state index contributed by atoms with van der Waals surface area (Å²) in [5, 5.41) is 4.11. The molecular weight excluding hydrogens is 398 g/mol. The standard InChI is InChI=1S/C27H31N3O2/c1-19-5-9-23-24(28-19)3-2-4-26(23)32-16-15-30-13-11-20(12-14-30)17-21-6-7-22-8-10-27(31)29-25(22)18-21/h2-7,9,18,20H,8,10-17H2,1H3,(H,29,31). The molecule has 5 nitrogen and oxygen atoms in total. The van der Waals surface area contributed by atoms with E-state index in [0.717, 1.165) is 60.5 Å². The molecule has 0 bridgehead atoms. The van der Waals surface area contributed by atoms with Crippen LogP contribution in [0.4, 0.5) is 5.69 Å². The molecule has 0 saturated carbocycles. The number of aryl methyl sites for hydroxylation is 2. The summed E-state index contributed by atoms with van der Waals surface area (Å²) in [6, 6.07) is 16.9. The summed E-state index contributed by atoms with van der Waals surface area (Å²) in [5.74, 6) is 1.77. The molecule has 0 atom stereocenters. The predicted octanol–water partition coefficient (Wildman–Crippen LogP) is 4.76. The van der Waals surface area contributed by atoms with Crippen molar-refractivity contribution in [2.45, 2.75) is 39.0 Å². The average molecular weight is 430 g/mol. The second kappa shape index (κ2) is 9.29. The number of pyridine rings is 1. The van der Waals surface area contributed by atoms with Crippen molar-refractivity contribution in [2.24, 2.45) is 5.92 Å². The van der Waals surface area contributed by atoms with E-state index in [4.69, 9.17) is 4.74 Å². The van der Waals surface area contributed by atoms with Gasteiger partial charge in [-0.15, -0.1) is 0 Å². The lowest BCUT2D eigenvalue weighted by molar-refractivity contribution is -0.116. The van der Waals surface area contributed by atoms with Crippen LogP contribution in [-0.4, -0.2) is 42.0 Å². The minimum Gasteiger partial charge on any atom is -0.492 e. The van der Waals surface area contributed by atoms with Gasteiger partial charge in [0.15, 0.2) is 0 Å². The minimum atomic E-state index is 0.139. The molecule has 5 heteroatoms. The van der Waals surface area contributed by atoms with Crippen molar-refractivity contribution >= 4 is 22.5 Å². The van der Waals surface area contributed by atoms with E-state index in [9.17, 15) is 4.79 Å². The number of nitrogens with zero attached hydrogens (tertiary/aromatic N) is 2. The van der Waals surface area contributed by atoms with Gasteiger partial charge >= 0.3 is 0 Å². The summed E-state index contributed by atoms with van der Waals surface area (Å²) in [5.41, 5.74) is 5.64. The van der Waals surface area contributed by atoms with Crippen LogP contribution < -0.4 is 10.1 Å². The molecule has 0 spiro atoms. The highest BCUT2D eigenvalue weighted by molar-refractivity contribution is 5.94. The summed E-state index contributed by atoms with van der Waals surface area (Å²) < 4.78 is 6.13. The van der Waals surface area contributed by atoms with Crippen molar-refractivity contribution in [3.05, 3.63) is 65.4 Å². The van der Waals surface area contributed by atoms with E-state index in [0.29, 0.717) is 18.9 Å². The number of hydrogen-bond donors (Lipinski definition) is 1. The van der Waals surface area contributed by atoms with Crippen LogP contribution in [0.15, 0.2) is 48.5 Å². The fourth-order valence-electron chi connectivity index (χ4n) is 4.93. The number of aromatic nitrogens is 1. The topological polar surface area (TPSA) is 54.5 Å². The number of carbonyl (C=O) groups excluding carboxylic acids is 1. The molecule has 1 aromatic heterocycles. The Morgan fingerprint density at radius 2 is 1.97 bits per heavy atom. The highest BCUT2D eigenvalue weighted by Gasteiger charge is 2.21. The molecular formula is C27H31N3O2. The Bertz CT molecular complexity index is 1120. The molecule has 0 radical (unpaired) electrons. The first-order valence-corrected chi connectivity index (χ1v) is 11.8. The Kier molecular flexibility index (Phi) is 6.08. The van der Waals surface area contributed by atoms with Crippen molar-refractivity contribution < 1.29 is 9.53 Å². The predicted molar refractivity (Wildman–Crippen MR) is 128 cm³/mol. The van der Waals surface area contributed by atoms with Crippen molar-refractivity contribution in [3.63, 3.8) is 0 Å². The maximum atomic E-state index is 11.7. The van der Waals surface area contributed by atoms with Crippen LogP contribution in [0.3, 0.4) is 0 Å². The number of piperidine rings is 1. The van der Waals surface area contributed by atoms with Gasteiger partial charge < -0.3 is 10.1 Å². The number of fused-ring (bicyclic) bond motifs is 2. The van der Waals surface area contributed by atoms with E-state index in [1.165, 1.54) is 24.0 Å². The van der Waals surface area contributed by atoms with Gasteiger partial charge in [-0.2, -0.15) is 0 Å². The molecule has 0 unspecified atom stereocenters. The molecule has 1 fully saturated rings. The van der Waals surface area contributed by atoms with Gasteiger partial charge in [0, 0.05) is 29.7 Å². The minimum absolute atomic E-state index is 0.139. The lowest BCUT2D eigenvalue weighted by Crippen LogP contribution is -2.37. The molecule has 3 aromatic rings. The zero-order valence-corrected chi connectivity index (χ0v) is 18.8. The Balaban J connectivity index is 1.10. The van der Waals surface area contributed by atoms with E-state index in [-0.39, 0.29) is 5.91 Å². The molecule has 1 saturated heterocycles. The largest absolute Gasteiger partial charge is 0.492 e. The number of nitrogens with one attached hydrogen (secondary N) is 1. The second-order valence-corrected chi connectivity index (χ2v) is 9.15. The van der Waals surface area contributed by atoms with Crippen LogP contribution in [-0.2, 0) is 17.6 Å². The number of ether oxygens (including phenoxy) is 1. The molecule has 2 aliphatic rings. The van der Waals surface area contributed by atoms with E-state index in [1.807, 2.05) is 31.2 Å². The van der Waals surface area contributed by atoms with E-state index >= 15 is 0 Å². The lowest BCUT2D eigenvalue weighted by Gasteiger charge is -2.32. The Hall–Kier alpha value is -2.92. The lowest BCUT2D eigenvalue weighted by atomic mass is 9.89. The van der Waals surface area contributed by atoms with Gasteiger partial charge in [0.05, 0.1) is 5.52 Å². The maximum Gasteiger partial charge on any atom is 0.224 e. The van der Waals surface area contributed by atoms with Gasteiger partial charge in [-0.25, -0.2) is 0 Å². The summed E-state index contributed by atoms with van der Waals surface area (Å²) in [6.07, 6.45) is 4.97. The first-order chi connectivity index (χ1) is 15.6. The van der Waals surface area contributed by atoms with Crippen molar-refractivity contribution in [1.29, 1.82) is 0 Å². The third-order valence-corrected chi connectivity index (χ3v) is 6.80. The van der Waals surface area contributed by atoms with Crippen LogP contribution in [0.5, 0.6) is 5.75 Å². The van der Waals surface area contributed by atoms with Gasteiger partial charge in [-0.1, -0.05) is 18.2 Å². The number of likely N-dealkylation sites (tertiary alicyclic amines) is 1. The normalized spacial score (nSPS) is 17.2. The first kappa shape index (κ1) is 21.0. The zero-order chi connectivity index (χ0) is 21.9. The van der Waals surface area contributed by atoms with Crippen LogP contribution in [0, 0.1) is 12.8 Å². The maximum absolute atomic E-state index is 11.7. The Morgan fingerprint density at radius 3 is 2.84 bits per heavy atom. The molecule has 2 aromatic carbocycles. The smallest absolute Gasteiger partial charge is 0.224 e. The average Bonchev–Trinajstić information content (AvgIpc) is 2.80. The number of amides is 1. The molecule has 32 heavy (non-hydrogen) atoms. The van der Waals surface area contributed by atoms with Gasteiger partial charge in [0.1, 0.15) is 12.4 Å². The molecule has 3 heterocycles. The fourth-order valence-corrected chi connectivity index (χ4v) is 4.93. The Morgan fingerprint density at radius 1 is 1.09 bits per heavy atom. The van der Waals surface area contributed by atoms with Crippen molar-refractivity contribution in [2.75, 3.05) is 31.6 Å². The molecule has 5 rings (SSSR count). The zero-order valence-electron chi connectivity index (χ0n) is 18.8. The van der Waals surface area contributed by atoms with E-state index in [1.54, 1.807) is 0 Å². The van der Waals surface area contributed by atoms with Crippen molar-refractivity contribution in [3.8, 4) is 5.75 Å². The molecule has 0 aliphatic carbocycles. The quantitative estimate of drug-likeness (QED) is 0.614. The highest BCUT2D eigenvalue weighted by atomic mass is 16.5. The molecule has 1 amide bonds. The molecule has 166 valence electrons. The highest BCUT2D eigenvalue weighted by Crippen LogP contribution is 2.28. The Labute approximate surface area is 189 Å². The summed E-state index contributed by atoms with van der Waals surface area (Å²) >= 11 is 0. The van der Waals surface area contributed by atoms with Crippen LogP contribution in [0.1, 0.15) is 36.1 Å². The summed E-state index contributed by atoms with van der Waals surface area (Å²) in [7, 11) is 0. The number of rotatable bonds is 6. The van der Waals surface area contributed by atoms with Gasteiger partial charge in [0.25, 0.3) is 0 Å². The van der Waals surface area contributed by atoms with Crippen LogP contribution in [0.2, 0.25) is 0 Å². The third kappa shape index (κ3) is 4.78. The number of carbonyl (C=O) groups is 1. The van der Waals surface area contributed by atoms with Gasteiger partial charge in [-0.05, 0) is 93.1 Å². The van der Waals surface area contributed by atoms with Gasteiger partial charge in [0.2, 0.25) is 5.91 Å². The summed E-state index contributed by atoms with van der Waals surface area (Å²) in [4.78, 5) is 18.8. The summed E-state index contributed by atoms with van der Waals surface area (Å²) in [6.45, 7) is 5.90. The number of benzene rings is 2.